The highest BCUT2D eigenvalue weighted by Crippen LogP contribution is 2.47. The second-order valence-corrected chi connectivity index (χ2v) is 5.58. The molecule has 0 spiro atoms. The number of alkyl halides is 3. The summed E-state index contributed by atoms with van der Waals surface area (Å²) in [6, 6.07) is 6.95. The summed E-state index contributed by atoms with van der Waals surface area (Å²) in [4.78, 5) is 11.8. The molecular weight excluding hydrogens is 381 g/mol. The van der Waals surface area contributed by atoms with Gasteiger partial charge >= 0.3 is 12.1 Å². The van der Waals surface area contributed by atoms with Gasteiger partial charge in [-0.25, -0.2) is 4.79 Å². The van der Waals surface area contributed by atoms with Crippen LogP contribution in [0.1, 0.15) is 12.5 Å². The number of halogens is 4. The fourth-order valence-electron chi connectivity index (χ4n) is 2.21. The van der Waals surface area contributed by atoms with E-state index in [1.54, 1.807) is 12.1 Å². The molecule has 0 saturated carbocycles. The summed E-state index contributed by atoms with van der Waals surface area (Å²) in [5, 5.41) is 20.8. The Morgan fingerprint density at radius 2 is 1.83 bits per heavy atom. The Bertz CT molecular complexity index is 760. The lowest BCUT2D eigenvalue weighted by molar-refractivity contribution is -0.268. The molecule has 4 nitrogen and oxygen atoms in total. The van der Waals surface area contributed by atoms with Gasteiger partial charge in [0.25, 0.3) is 5.60 Å². The quantitative estimate of drug-likeness (QED) is 0.782. The molecule has 0 radical (unpaired) electrons. The number of aromatic hydroxyl groups is 1. The van der Waals surface area contributed by atoms with Crippen LogP contribution in [0, 0.1) is 0 Å². The molecule has 0 saturated heterocycles. The number of benzene rings is 2. The van der Waals surface area contributed by atoms with Crippen molar-refractivity contribution in [2.45, 2.75) is 18.7 Å². The van der Waals surface area contributed by atoms with Crippen LogP contribution in [-0.4, -0.2) is 29.0 Å². The average Bonchev–Trinajstić information content (AvgIpc) is 2.49. The zero-order valence-electron chi connectivity index (χ0n) is 11.8. The minimum atomic E-state index is -5.38. The highest BCUT2D eigenvalue weighted by atomic mass is 79.9. The van der Waals surface area contributed by atoms with Gasteiger partial charge in [0.15, 0.2) is 0 Å². The minimum Gasteiger partial charge on any atom is -0.507 e. The molecule has 0 heterocycles. The first-order valence-corrected chi connectivity index (χ1v) is 7.30. The van der Waals surface area contributed by atoms with Gasteiger partial charge in [0.2, 0.25) is 0 Å². The lowest BCUT2D eigenvalue weighted by Gasteiger charge is -2.29. The topological polar surface area (TPSA) is 66.8 Å². The van der Waals surface area contributed by atoms with Gasteiger partial charge in [0.1, 0.15) is 5.75 Å². The molecule has 23 heavy (non-hydrogen) atoms. The zero-order valence-corrected chi connectivity index (χ0v) is 13.4. The first kappa shape index (κ1) is 17.6. The number of hydrogen-bond donors (Lipinski definition) is 2. The van der Waals surface area contributed by atoms with Gasteiger partial charge in [-0.05, 0) is 18.4 Å². The maximum absolute atomic E-state index is 13.4. The Balaban J connectivity index is 2.82. The summed E-state index contributed by atoms with van der Waals surface area (Å²) < 4.78 is 44.7. The number of aliphatic hydroxyl groups is 1. The maximum Gasteiger partial charge on any atom is 0.432 e. The van der Waals surface area contributed by atoms with E-state index in [0.29, 0.717) is 5.39 Å². The van der Waals surface area contributed by atoms with Crippen molar-refractivity contribution in [3.63, 3.8) is 0 Å². The fourth-order valence-corrected chi connectivity index (χ4v) is 2.78. The molecule has 2 rings (SSSR count). The van der Waals surface area contributed by atoms with Crippen LogP contribution in [0.4, 0.5) is 13.2 Å². The van der Waals surface area contributed by atoms with Crippen LogP contribution >= 0.6 is 15.9 Å². The zero-order chi connectivity index (χ0) is 17.4. The molecule has 0 bridgehead atoms. The van der Waals surface area contributed by atoms with Crippen molar-refractivity contribution in [1.82, 2.24) is 0 Å². The van der Waals surface area contributed by atoms with Crippen LogP contribution < -0.4 is 0 Å². The summed E-state index contributed by atoms with van der Waals surface area (Å²) in [5.41, 5.74) is -4.96. The summed E-state index contributed by atoms with van der Waals surface area (Å²) in [7, 11) is 0. The Morgan fingerprint density at radius 3 is 2.35 bits per heavy atom. The van der Waals surface area contributed by atoms with Crippen molar-refractivity contribution in [3.8, 4) is 5.75 Å². The predicted octanol–water partition coefficient (Wildman–Crippen LogP) is 3.62. The summed E-state index contributed by atoms with van der Waals surface area (Å²) in [6.45, 7) is 0.956. The first-order valence-electron chi connectivity index (χ1n) is 6.51. The fraction of sp³-hybridized carbons (Fsp3) is 0.267. The lowest BCUT2D eigenvalue weighted by atomic mass is 9.90. The number of hydrogen-bond acceptors (Lipinski definition) is 4. The van der Waals surface area contributed by atoms with Crippen LogP contribution in [0.5, 0.6) is 5.75 Å². The van der Waals surface area contributed by atoms with E-state index in [-0.39, 0.29) is 16.5 Å². The van der Waals surface area contributed by atoms with Crippen molar-refractivity contribution in [3.05, 3.63) is 40.4 Å². The van der Waals surface area contributed by atoms with Gasteiger partial charge in [-0.3, -0.25) is 0 Å². The maximum atomic E-state index is 13.4. The molecule has 2 N–H and O–H groups in total. The number of phenolic OH excluding ortho intramolecular Hbond substituents is 1. The van der Waals surface area contributed by atoms with E-state index in [1.165, 1.54) is 19.1 Å². The van der Waals surface area contributed by atoms with Crippen molar-refractivity contribution < 1.29 is 32.9 Å². The number of rotatable bonds is 3. The standard InChI is InChI=1S/C15H12BrF3O4/c1-2-23-13(21)14(22,15(17,18)19)10-7-11(16)8-5-3-4-6-9(8)12(10)20/h3-7,20,22H,2H2,1H3/t14-/m1/s1. The smallest absolute Gasteiger partial charge is 0.432 e. The summed E-state index contributed by atoms with van der Waals surface area (Å²) >= 11 is 3.09. The van der Waals surface area contributed by atoms with E-state index in [2.05, 4.69) is 20.7 Å². The van der Waals surface area contributed by atoms with Gasteiger partial charge in [0, 0.05) is 15.4 Å². The van der Waals surface area contributed by atoms with Crippen molar-refractivity contribution in [2.75, 3.05) is 6.61 Å². The number of carbonyl (C=O) groups is 1. The Labute approximate surface area is 137 Å². The Kier molecular flexibility index (Phi) is 4.59. The molecule has 0 unspecified atom stereocenters. The highest BCUT2D eigenvalue weighted by molar-refractivity contribution is 9.10. The average molecular weight is 393 g/mol. The number of ether oxygens (including phenoxy) is 1. The summed E-state index contributed by atoms with van der Waals surface area (Å²) in [6.07, 6.45) is -5.38. The van der Waals surface area contributed by atoms with Crippen molar-refractivity contribution in [1.29, 1.82) is 0 Å². The second-order valence-electron chi connectivity index (χ2n) is 4.73. The largest absolute Gasteiger partial charge is 0.507 e. The minimum absolute atomic E-state index is 0.0591. The van der Waals surface area contributed by atoms with Crippen LogP contribution in [-0.2, 0) is 15.1 Å². The highest BCUT2D eigenvalue weighted by Gasteiger charge is 2.63. The van der Waals surface area contributed by atoms with Crippen molar-refractivity contribution in [2.24, 2.45) is 0 Å². The molecule has 124 valence electrons. The van der Waals surface area contributed by atoms with Crippen LogP contribution in [0.25, 0.3) is 10.8 Å². The van der Waals surface area contributed by atoms with Crippen LogP contribution in [0.3, 0.4) is 0 Å². The van der Waals surface area contributed by atoms with Crippen molar-refractivity contribution >= 4 is 32.7 Å². The molecule has 0 aliphatic rings. The van der Waals surface area contributed by atoms with Crippen LogP contribution in [0.15, 0.2) is 34.8 Å². The predicted molar refractivity (Wildman–Crippen MR) is 79.9 cm³/mol. The molecule has 8 heteroatoms. The van der Waals surface area contributed by atoms with E-state index in [9.17, 15) is 28.2 Å². The second kappa shape index (κ2) is 6.01. The van der Waals surface area contributed by atoms with Gasteiger partial charge < -0.3 is 14.9 Å². The normalized spacial score (nSPS) is 14.5. The number of carbonyl (C=O) groups excluding carboxylic acids is 1. The SMILES string of the molecule is CCOC(=O)[C@](O)(c1cc(Br)c2ccccc2c1O)C(F)(F)F. The third-order valence-corrected chi connectivity index (χ3v) is 3.99. The molecule has 0 aliphatic carbocycles. The molecular formula is C15H12BrF3O4. The third-order valence-electron chi connectivity index (χ3n) is 3.34. The van der Waals surface area contributed by atoms with E-state index >= 15 is 0 Å². The Morgan fingerprint density at radius 1 is 1.26 bits per heavy atom. The lowest BCUT2D eigenvalue weighted by Crippen LogP contribution is -2.50. The Hall–Kier alpha value is -1.80. The van der Waals surface area contributed by atoms with Gasteiger partial charge in [-0.2, -0.15) is 13.2 Å². The summed E-state index contributed by atoms with van der Waals surface area (Å²) in [5.74, 6) is -2.73. The molecule has 1 atom stereocenters. The van der Waals surface area contributed by atoms with Gasteiger partial charge in [-0.15, -0.1) is 0 Å². The molecule has 2 aromatic carbocycles. The number of phenols is 1. The molecule has 0 amide bonds. The number of esters is 1. The molecule has 0 fully saturated rings. The monoisotopic (exact) mass is 392 g/mol. The van der Waals surface area contributed by atoms with Gasteiger partial charge in [-0.1, -0.05) is 40.2 Å². The third kappa shape index (κ3) is 2.76. The van der Waals surface area contributed by atoms with E-state index in [0.717, 1.165) is 6.07 Å². The first-order chi connectivity index (χ1) is 10.6. The molecule has 0 aromatic heterocycles. The van der Waals surface area contributed by atoms with Gasteiger partial charge in [0.05, 0.1) is 6.61 Å². The number of fused-ring (bicyclic) bond motifs is 1. The van der Waals surface area contributed by atoms with E-state index in [1.807, 2.05) is 0 Å². The van der Waals surface area contributed by atoms with E-state index < -0.39 is 29.1 Å². The van der Waals surface area contributed by atoms with E-state index in [4.69, 9.17) is 0 Å². The molecule has 0 aliphatic heterocycles. The van der Waals surface area contributed by atoms with Crippen LogP contribution in [0.2, 0.25) is 0 Å². The molecule has 2 aromatic rings.